The highest BCUT2D eigenvalue weighted by Gasteiger charge is 2.38. The van der Waals surface area contributed by atoms with Crippen molar-refractivity contribution in [3.63, 3.8) is 0 Å². The molecule has 0 aliphatic carbocycles. The minimum Gasteiger partial charge on any atom is -0.491 e. The molecular weight excluding hydrogens is 350 g/mol. The van der Waals surface area contributed by atoms with E-state index in [2.05, 4.69) is 15.9 Å². The van der Waals surface area contributed by atoms with Crippen LogP contribution in [-0.4, -0.2) is 40.6 Å². The van der Waals surface area contributed by atoms with E-state index in [0.29, 0.717) is 24.3 Å². The van der Waals surface area contributed by atoms with Gasteiger partial charge in [-0.15, -0.1) is 0 Å². The molecule has 1 amide bonds. The number of carbonyl (C=O) groups is 2. The first kappa shape index (κ1) is 16.8. The summed E-state index contributed by atoms with van der Waals surface area (Å²) in [5, 5.41) is 9.18. The second kappa shape index (κ2) is 6.69. The maximum absolute atomic E-state index is 12.7. The van der Waals surface area contributed by atoms with Gasteiger partial charge in [0.1, 0.15) is 5.75 Å². The van der Waals surface area contributed by atoms with Gasteiger partial charge >= 0.3 is 5.97 Å². The van der Waals surface area contributed by atoms with E-state index in [4.69, 9.17) is 4.74 Å². The molecular formula is C16H20BrNO4. The molecule has 0 radical (unpaired) electrons. The van der Waals surface area contributed by atoms with Crippen LogP contribution < -0.4 is 4.74 Å². The number of hydrogen-bond donors (Lipinski definition) is 1. The van der Waals surface area contributed by atoms with Crippen LogP contribution in [0.3, 0.4) is 0 Å². The number of likely N-dealkylation sites (tertiary alicyclic amines) is 1. The van der Waals surface area contributed by atoms with E-state index in [0.717, 1.165) is 4.47 Å². The number of aliphatic carboxylic acids is 1. The van der Waals surface area contributed by atoms with Gasteiger partial charge in [-0.05, 0) is 45.4 Å². The van der Waals surface area contributed by atoms with Crippen LogP contribution in [0.4, 0.5) is 0 Å². The smallest absolute Gasteiger partial charge is 0.308 e. The van der Waals surface area contributed by atoms with Gasteiger partial charge in [-0.2, -0.15) is 0 Å². The summed E-state index contributed by atoms with van der Waals surface area (Å²) >= 11 is 3.39. The Bertz CT molecular complexity index is 588. The quantitative estimate of drug-likeness (QED) is 0.884. The molecule has 1 saturated heterocycles. The number of rotatable bonds is 4. The molecule has 0 bridgehead atoms. The topological polar surface area (TPSA) is 66.8 Å². The summed E-state index contributed by atoms with van der Waals surface area (Å²) in [6, 6.07) is 4.94. The van der Waals surface area contributed by atoms with Crippen molar-refractivity contribution in [1.29, 1.82) is 0 Å². The summed E-state index contributed by atoms with van der Waals surface area (Å²) in [6.45, 7) is 6.09. The molecule has 1 aromatic carbocycles. The maximum atomic E-state index is 12.7. The monoisotopic (exact) mass is 369 g/mol. The van der Waals surface area contributed by atoms with E-state index in [1.807, 2.05) is 19.9 Å². The molecule has 2 atom stereocenters. The molecule has 6 heteroatoms. The average molecular weight is 370 g/mol. The molecule has 2 rings (SSSR count). The van der Waals surface area contributed by atoms with Crippen LogP contribution in [0.5, 0.6) is 5.75 Å². The average Bonchev–Trinajstić information content (AvgIpc) is 2.78. The van der Waals surface area contributed by atoms with Crippen molar-refractivity contribution in [2.45, 2.75) is 39.3 Å². The highest BCUT2D eigenvalue weighted by Crippen LogP contribution is 2.28. The first-order valence-corrected chi connectivity index (χ1v) is 8.10. The number of hydrogen-bond acceptors (Lipinski definition) is 3. The molecule has 0 aromatic heterocycles. The standard InChI is InChI=1S/C16H20BrNO4/c1-9(2)22-13-7-11(6-12(17)8-13)15(19)18-5-4-14(10(18)3)16(20)21/h6-10,14H,4-5H2,1-3H3,(H,20,21). The maximum Gasteiger partial charge on any atom is 0.308 e. The zero-order valence-electron chi connectivity index (χ0n) is 12.9. The molecule has 1 fully saturated rings. The van der Waals surface area contributed by atoms with Gasteiger partial charge in [0.05, 0.1) is 12.0 Å². The van der Waals surface area contributed by atoms with E-state index in [1.54, 1.807) is 24.0 Å². The van der Waals surface area contributed by atoms with E-state index >= 15 is 0 Å². The van der Waals surface area contributed by atoms with Gasteiger partial charge in [-0.25, -0.2) is 0 Å². The van der Waals surface area contributed by atoms with Crippen LogP contribution in [0.25, 0.3) is 0 Å². The number of carbonyl (C=O) groups excluding carboxylic acids is 1. The summed E-state index contributed by atoms with van der Waals surface area (Å²) in [5.41, 5.74) is 0.503. The van der Waals surface area contributed by atoms with Crippen molar-refractivity contribution in [3.8, 4) is 5.75 Å². The fraction of sp³-hybridized carbons (Fsp3) is 0.500. The second-order valence-electron chi connectivity index (χ2n) is 5.81. The van der Waals surface area contributed by atoms with Crippen LogP contribution in [0, 0.1) is 5.92 Å². The lowest BCUT2D eigenvalue weighted by atomic mass is 10.0. The highest BCUT2D eigenvalue weighted by atomic mass is 79.9. The van der Waals surface area contributed by atoms with Gasteiger partial charge in [0.25, 0.3) is 5.91 Å². The Morgan fingerprint density at radius 1 is 1.36 bits per heavy atom. The predicted octanol–water partition coefficient (Wildman–Crippen LogP) is 3.17. The van der Waals surface area contributed by atoms with Crippen molar-refractivity contribution >= 4 is 27.8 Å². The Kier molecular flexibility index (Phi) is 5.11. The lowest BCUT2D eigenvalue weighted by Crippen LogP contribution is -2.37. The largest absolute Gasteiger partial charge is 0.491 e. The van der Waals surface area contributed by atoms with E-state index in [1.165, 1.54) is 0 Å². The Hall–Kier alpha value is -1.56. The molecule has 1 aliphatic heterocycles. The molecule has 120 valence electrons. The van der Waals surface area contributed by atoms with Gasteiger partial charge in [-0.1, -0.05) is 15.9 Å². The summed E-state index contributed by atoms with van der Waals surface area (Å²) in [5.74, 6) is -0.885. The summed E-state index contributed by atoms with van der Waals surface area (Å²) < 4.78 is 6.40. The molecule has 5 nitrogen and oxygen atoms in total. The minimum atomic E-state index is -0.846. The third-order valence-corrected chi connectivity index (χ3v) is 4.28. The van der Waals surface area contributed by atoms with Crippen molar-refractivity contribution in [3.05, 3.63) is 28.2 Å². The molecule has 1 heterocycles. The van der Waals surface area contributed by atoms with Crippen LogP contribution >= 0.6 is 15.9 Å². The van der Waals surface area contributed by atoms with Gasteiger partial charge in [0.2, 0.25) is 0 Å². The van der Waals surface area contributed by atoms with Gasteiger partial charge in [0.15, 0.2) is 0 Å². The minimum absolute atomic E-state index is 0.0133. The molecule has 1 N–H and O–H groups in total. The number of ether oxygens (including phenoxy) is 1. The fourth-order valence-electron chi connectivity index (χ4n) is 2.75. The van der Waals surface area contributed by atoms with Gasteiger partial charge in [-0.3, -0.25) is 9.59 Å². The molecule has 22 heavy (non-hydrogen) atoms. The van der Waals surface area contributed by atoms with Crippen molar-refractivity contribution < 1.29 is 19.4 Å². The molecule has 0 saturated carbocycles. The SMILES string of the molecule is CC(C)Oc1cc(Br)cc(C(=O)N2CCC(C(=O)O)C2C)c1. The first-order valence-electron chi connectivity index (χ1n) is 7.30. The highest BCUT2D eigenvalue weighted by molar-refractivity contribution is 9.10. The molecule has 1 aromatic rings. The number of carboxylic acid groups (broad SMARTS) is 1. The van der Waals surface area contributed by atoms with Crippen LogP contribution in [0.1, 0.15) is 37.6 Å². The number of carboxylic acids is 1. The number of benzene rings is 1. The lowest BCUT2D eigenvalue weighted by molar-refractivity contribution is -0.142. The van der Waals surface area contributed by atoms with Crippen molar-refractivity contribution in [2.75, 3.05) is 6.54 Å². The zero-order valence-corrected chi connectivity index (χ0v) is 14.5. The Morgan fingerprint density at radius 3 is 2.59 bits per heavy atom. The van der Waals surface area contributed by atoms with Crippen molar-refractivity contribution in [1.82, 2.24) is 4.90 Å². The predicted molar refractivity (Wildman–Crippen MR) is 86.1 cm³/mol. The summed E-state index contributed by atoms with van der Waals surface area (Å²) in [4.78, 5) is 25.5. The van der Waals surface area contributed by atoms with Gasteiger partial charge < -0.3 is 14.7 Å². The third kappa shape index (κ3) is 3.61. The van der Waals surface area contributed by atoms with Crippen LogP contribution in [0.15, 0.2) is 22.7 Å². The first-order chi connectivity index (χ1) is 10.3. The third-order valence-electron chi connectivity index (χ3n) is 3.82. The van der Waals surface area contributed by atoms with E-state index in [9.17, 15) is 14.7 Å². The zero-order chi connectivity index (χ0) is 16.4. The van der Waals surface area contributed by atoms with E-state index < -0.39 is 11.9 Å². The molecule has 1 aliphatic rings. The molecule has 0 spiro atoms. The van der Waals surface area contributed by atoms with Crippen LogP contribution in [0.2, 0.25) is 0 Å². The second-order valence-corrected chi connectivity index (χ2v) is 6.73. The van der Waals surface area contributed by atoms with E-state index in [-0.39, 0.29) is 18.1 Å². The number of nitrogens with zero attached hydrogens (tertiary/aromatic N) is 1. The molecule has 2 unspecified atom stereocenters. The normalized spacial score (nSPS) is 21.2. The summed E-state index contributed by atoms with van der Waals surface area (Å²) in [7, 11) is 0. The van der Waals surface area contributed by atoms with Gasteiger partial charge in [0, 0.05) is 22.6 Å². The summed E-state index contributed by atoms with van der Waals surface area (Å²) in [6.07, 6.45) is 0.505. The number of halogens is 1. The number of amides is 1. The lowest BCUT2D eigenvalue weighted by Gasteiger charge is -2.23. The Balaban J connectivity index is 2.23. The Morgan fingerprint density at radius 2 is 2.05 bits per heavy atom. The van der Waals surface area contributed by atoms with Crippen molar-refractivity contribution in [2.24, 2.45) is 5.92 Å². The van der Waals surface area contributed by atoms with Crippen LogP contribution in [-0.2, 0) is 4.79 Å². The Labute approximate surface area is 138 Å². The fourth-order valence-corrected chi connectivity index (χ4v) is 3.22.